The number of non-ortho nitro benzene ring substituents is 1. The van der Waals surface area contributed by atoms with Gasteiger partial charge in [0.2, 0.25) is 0 Å². The van der Waals surface area contributed by atoms with Crippen LogP contribution in [-0.2, 0) is 0 Å². The van der Waals surface area contributed by atoms with E-state index in [0.29, 0.717) is 15.1 Å². The van der Waals surface area contributed by atoms with Crippen molar-refractivity contribution in [2.75, 3.05) is 0 Å². The first kappa shape index (κ1) is 10.3. The summed E-state index contributed by atoms with van der Waals surface area (Å²) in [7, 11) is 0. The summed E-state index contributed by atoms with van der Waals surface area (Å²) < 4.78 is 0.583. The van der Waals surface area contributed by atoms with Crippen LogP contribution < -0.4 is 0 Å². The first-order valence-corrected chi connectivity index (χ1v) is 5.15. The van der Waals surface area contributed by atoms with E-state index in [-0.39, 0.29) is 5.69 Å². The summed E-state index contributed by atoms with van der Waals surface area (Å²) in [4.78, 5) is 14.1. The Labute approximate surface area is 98.2 Å². The van der Waals surface area contributed by atoms with E-state index in [2.05, 4.69) is 20.9 Å². The maximum absolute atomic E-state index is 10.6. The van der Waals surface area contributed by atoms with E-state index in [1.807, 2.05) is 0 Å². The second kappa shape index (κ2) is 3.75. The number of halogens is 2. The fourth-order valence-electron chi connectivity index (χ4n) is 1.29. The molecule has 1 aromatic carbocycles. The Hall–Kier alpha value is -1.20. The van der Waals surface area contributed by atoms with Gasteiger partial charge in [0.05, 0.1) is 4.92 Å². The molecule has 2 aromatic rings. The summed E-state index contributed by atoms with van der Waals surface area (Å²) in [5.74, 6) is 0. The van der Waals surface area contributed by atoms with Gasteiger partial charge in [0.15, 0.2) is 0 Å². The van der Waals surface area contributed by atoms with Gasteiger partial charge in [-0.05, 0) is 33.4 Å². The minimum atomic E-state index is -0.443. The third-order valence-corrected chi connectivity index (χ3v) is 2.75. The number of hydrogen-bond acceptors (Lipinski definition) is 3. The Morgan fingerprint density at radius 3 is 2.80 bits per heavy atom. The first-order valence-electron chi connectivity index (χ1n) is 3.98. The maximum Gasteiger partial charge on any atom is 0.270 e. The molecule has 1 aromatic heterocycles. The van der Waals surface area contributed by atoms with Gasteiger partial charge < -0.3 is 0 Å². The predicted octanol–water partition coefficient (Wildman–Crippen LogP) is 3.56. The van der Waals surface area contributed by atoms with Crippen LogP contribution in [0.2, 0.25) is 5.15 Å². The highest BCUT2D eigenvalue weighted by molar-refractivity contribution is 9.10. The van der Waals surface area contributed by atoms with Crippen molar-refractivity contribution in [2.24, 2.45) is 0 Å². The van der Waals surface area contributed by atoms with Crippen LogP contribution in [0.4, 0.5) is 5.69 Å². The first-order chi connectivity index (χ1) is 7.08. The molecule has 0 N–H and O–H groups in total. The number of nitro groups is 1. The van der Waals surface area contributed by atoms with Crippen LogP contribution in [-0.4, -0.2) is 9.91 Å². The number of aromatic nitrogens is 1. The molecule has 0 aliphatic rings. The molecule has 0 saturated carbocycles. The van der Waals surface area contributed by atoms with E-state index in [1.54, 1.807) is 12.1 Å². The zero-order valence-electron chi connectivity index (χ0n) is 7.28. The lowest BCUT2D eigenvalue weighted by molar-refractivity contribution is -0.384. The Morgan fingerprint density at radius 1 is 1.40 bits per heavy atom. The van der Waals surface area contributed by atoms with Gasteiger partial charge in [0, 0.05) is 17.5 Å². The van der Waals surface area contributed by atoms with Crippen molar-refractivity contribution in [2.45, 2.75) is 0 Å². The van der Waals surface area contributed by atoms with Gasteiger partial charge in [-0.2, -0.15) is 0 Å². The molecule has 0 saturated heterocycles. The van der Waals surface area contributed by atoms with Crippen LogP contribution >= 0.6 is 27.5 Å². The Balaban J connectivity index is 2.76. The van der Waals surface area contributed by atoms with Crippen LogP contribution in [0.3, 0.4) is 0 Å². The molecule has 0 aliphatic carbocycles. The summed E-state index contributed by atoms with van der Waals surface area (Å²) in [6.45, 7) is 0. The number of nitrogens with zero attached hydrogens (tertiary/aromatic N) is 2. The monoisotopic (exact) mass is 286 g/mol. The summed E-state index contributed by atoms with van der Waals surface area (Å²) in [6.07, 6.45) is 0. The molecule has 6 heteroatoms. The van der Waals surface area contributed by atoms with Crippen LogP contribution in [0.25, 0.3) is 10.8 Å². The number of benzene rings is 1. The van der Waals surface area contributed by atoms with Gasteiger partial charge in [-0.15, -0.1) is 0 Å². The minimum Gasteiger partial charge on any atom is -0.258 e. The van der Waals surface area contributed by atoms with Crippen LogP contribution in [0.5, 0.6) is 0 Å². The van der Waals surface area contributed by atoms with Gasteiger partial charge in [-0.1, -0.05) is 11.6 Å². The molecule has 4 nitrogen and oxygen atoms in total. The number of rotatable bonds is 1. The molecule has 0 radical (unpaired) electrons. The average Bonchev–Trinajstić information content (AvgIpc) is 2.16. The zero-order valence-corrected chi connectivity index (χ0v) is 9.62. The Bertz CT molecular complexity index is 559. The van der Waals surface area contributed by atoms with E-state index in [9.17, 15) is 10.1 Å². The maximum atomic E-state index is 10.6. The molecule has 0 amide bonds. The van der Waals surface area contributed by atoms with E-state index in [0.717, 1.165) is 5.39 Å². The van der Waals surface area contributed by atoms with Crippen LogP contribution in [0, 0.1) is 10.1 Å². The van der Waals surface area contributed by atoms with Crippen molar-refractivity contribution in [3.05, 3.63) is 44.1 Å². The van der Waals surface area contributed by atoms with Crippen molar-refractivity contribution in [3.63, 3.8) is 0 Å². The fourth-order valence-corrected chi connectivity index (χ4v) is 2.14. The highest BCUT2D eigenvalue weighted by Gasteiger charge is 2.09. The van der Waals surface area contributed by atoms with E-state index < -0.39 is 4.92 Å². The lowest BCUT2D eigenvalue weighted by Crippen LogP contribution is -1.88. The lowest BCUT2D eigenvalue weighted by Gasteiger charge is -2.00. The second-order valence-corrected chi connectivity index (χ2v) is 4.04. The predicted molar refractivity (Wildman–Crippen MR) is 61.1 cm³/mol. The van der Waals surface area contributed by atoms with E-state index in [1.165, 1.54) is 12.1 Å². The molecule has 0 fully saturated rings. The summed E-state index contributed by atoms with van der Waals surface area (Å²) >= 11 is 8.99. The van der Waals surface area contributed by atoms with Crippen LogP contribution in [0.15, 0.2) is 28.9 Å². The highest BCUT2D eigenvalue weighted by atomic mass is 79.9. The molecule has 76 valence electrons. The van der Waals surface area contributed by atoms with Crippen LogP contribution in [0.1, 0.15) is 0 Å². The summed E-state index contributed by atoms with van der Waals surface area (Å²) in [5.41, 5.74) is 0.0386. The smallest absolute Gasteiger partial charge is 0.258 e. The number of fused-ring (bicyclic) bond motifs is 1. The average molecular weight is 288 g/mol. The molecule has 15 heavy (non-hydrogen) atoms. The highest BCUT2D eigenvalue weighted by Crippen LogP contribution is 2.28. The van der Waals surface area contributed by atoms with Gasteiger partial charge >= 0.3 is 0 Å². The molecule has 2 rings (SSSR count). The second-order valence-electron chi connectivity index (χ2n) is 2.90. The quantitative estimate of drug-likeness (QED) is 0.458. The fraction of sp³-hybridized carbons (Fsp3) is 0. The molecular formula is C9H4BrClN2O2. The molecule has 0 bridgehead atoms. The number of nitro benzene ring substituents is 1. The lowest BCUT2D eigenvalue weighted by atomic mass is 10.1. The molecule has 0 unspecified atom stereocenters. The third-order valence-electron chi connectivity index (χ3n) is 1.95. The molecule has 1 heterocycles. The van der Waals surface area contributed by atoms with Gasteiger partial charge in [0.1, 0.15) is 9.76 Å². The van der Waals surface area contributed by atoms with Gasteiger partial charge in [0.25, 0.3) is 5.69 Å². The van der Waals surface area contributed by atoms with Gasteiger partial charge in [-0.25, -0.2) is 4.98 Å². The SMILES string of the molecule is O=[N+]([O-])c1ccc2c(Br)nc(Cl)cc2c1. The minimum absolute atomic E-state index is 0.0386. The van der Waals surface area contributed by atoms with E-state index in [4.69, 9.17) is 11.6 Å². The number of hydrogen-bond donors (Lipinski definition) is 0. The standard InChI is InChI=1S/C9H4BrClN2O2/c10-9-7-2-1-6(13(14)15)3-5(7)4-8(11)12-9/h1-4H. The zero-order chi connectivity index (χ0) is 11.0. The summed E-state index contributed by atoms with van der Waals surface area (Å²) in [5, 5.41) is 12.3. The van der Waals surface area contributed by atoms with Crippen molar-refractivity contribution in [3.8, 4) is 0 Å². The van der Waals surface area contributed by atoms with Crippen molar-refractivity contribution >= 4 is 44.0 Å². The van der Waals surface area contributed by atoms with Gasteiger partial charge in [-0.3, -0.25) is 10.1 Å². The topological polar surface area (TPSA) is 56.0 Å². The van der Waals surface area contributed by atoms with Crippen molar-refractivity contribution in [1.82, 2.24) is 4.98 Å². The van der Waals surface area contributed by atoms with E-state index >= 15 is 0 Å². The number of pyridine rings is 1. The summed E-state index contributed by atoms with van der Waals surface area (Å²) in [6, 6.07) is 6.13. The third kappa shape index (κ3) is 1.93. The Morgan fingerprint density at radius 2 is 2.13 bits per heavy atom. The molecule has 0 spiro atoms. The molecular weight excluding hydrogens is 283 g/mol. The normalized spacial score (nSPS) is 10.5. The molecule has 0 aliphatic heterocycles. The molecule has 0 atom stereocenters. The largest absolute Gasteiger partial charge is 0.270 e. The van der Waals surface area contributed by atoms with Crippen molar-refractivity contribution in [1.29, 1.82) is 0 Å². The van der Waals surface area contributed by atoms with Crippen molar-refractivity contribution < 1.29 is 4.92 Å². The Kier molecular flexibility index (Phi) is 2.58.